The largest absolute Gasteiger partial charge is 0.476 e. The van der Waals surface area contributed by atoms with E-state index in [2.05, 4.69) is 29.1 Å². The molecular formula is C16H28N4O. The second-order valence-corrected chi connectivity index (χ2v) is 5.76. The van der Waals surface area contributed by atoms with Gasteiger partial charge in [-0.3, -0.25) is 0 Å². The summed E-state index contributed by atoms with van der Waals surface area (Å²) in [5.41, 5.74) is 6.71. The Bertz CT molecular complexity index is 446. The molecule has 5 heteroatoms. The summed E-state index contributed by atoms with van der Waals surface area (Å²) in [6.45, 7) is 5.90. The van der Waals surface area contributed by atoms with Crippen molar-refractivity contribution < 1.29 is 4.74 Å². The average Bonchev–Trinajstić information content (AvgIpc) is 3.31. The van der Waals surface area contributed by atoms with Crippen LogP contribution in [0.2, 0.25) is 0 Å². The molecule has 1 aliphatic rings. The van der Waals surface area contributed by atoms with Gasteiger partial charge in [-0.15, -0.1) is 0 Å². The highest BCUT2D eigenvalue weighted by atomic mass is 16.5. The number of hydrogen-bond donors (Lipinski definition) is 2. The van der Waals surface area contributed by atoms with E-state index in [-0.39, 0.29) is 0 Å². The van der Waals surface area contributed by atoms with E-state index in [0.29, 0.717) is 24.1 Å². The number of nitrogens with two attached hydrogens (primary N) is 1. The second-order valence-electron chi connectivity index (χ2n) is 5.76. The normalized spacial score (nSPS) is 14.2. The average molecular weight is 292 g/mol. The van der Waals surface area contributed by atoms with Gasteiger partial charge in [-0.2, -0.15) is 4.98 Å². The Morgan fingerprint density at radius 2 is 1.90 bits per heavy atom. The summed E-state index contributed by atoms with van der Waals surface area (Å²) in [4.78, 5) is 9.11. The van der Waals surface area contributed by atoms with Crippen molar-refractivity contribution in [3.05, 3.63) is 5.82 Å². The van der Waals surface area contributed by atoms with Gasteiger partial charge in [0.25, 0.3) is 0 Å². The van der Waals surface area contributed by atoms with Crippen molar-refractivity contribution in [3.8, 4) is 5.88 Å². The Hall–Kier alpha value is -1.52. The number of nitrogens with zero attached hydrogens (tertiary/aromatic N) is 2. The first-order valence-corrected chi connectivity index (χ1v) is 8.30. The molecule has 21 heavy (non-hydrogen) atoms. The molecule has 0 bridgehead atoms. The van der Waals surface area contributed by atoms with Crippen molar-refractivity contribution in [2.75, 3.05) is 24.2 Å². The Balaban J connectivity index is 2.05. The van der Waals surface area contributed by atoms with E-state index in [4.69, 9.17) is 10.5 Å². The van der Waals surface area contributed by atoms with Gasteiger partial charge in [-0.05, 0) is 25.7 Å². The van der Waals surface area contributed by atoms with Gasteiger partial charge in [0.05, 0.1) is 6.61 Å². The third-order valence-electron chi connectivity index (χ3n) is 3.68. The molecule has 118 valence electrons. The van der Waals surface area contributed by atoms with Crippen LogP contribution in [0.15, 0.2) is 0 Å². The number of nitrogens with one attached hydrogen (secondary N) is 1. The van der Waals surface area contributed by atoms with E-state index in [0.717, 1.165) is 37.4 Å². The predicted molar refractivity (Wildman–Crippen MR) is 86.8 cm³/mol. The number of aromatic nitrogens is 2. The lowest BCUT2D eigenvalue weighted by molar-refractivity contribution is 0.298. The van der Waals surface area contributed by atoms with Crippen LogP contribution in [0.1, 0.15) is 70.5 Å². The summed E-state index contributed by atoms with van der Waals surface area (Å²) >= 11 is 0. The van der Waals surface area contributed by atoms with Crippen molar-refractivity contribution in [2.45, 2.75) is 64.7 Å². The summed E-state index contributed by atoms with van der Waals surface area (Å²) in [7, 11) is 0. The zero-order valence-corrected chi connectivity index (χ0v) is 13.3. The summed E-state index contributed by atoms with van der Waals surface area (Å²) in [6, 6.07) is 0. The lowest BCUT2D eigenvalue weighted by Gasteiger charge is -2.14. The van der Waals surface area contributed by atoms with Gasteiger partial charge in [0.1, 0.15) is 11.5 Å². The standard InChI is InChI=1S/C16H28N4O/c1-3-5-7-10-18-15-13(17)16(21-11-6-4-2)20-14(19-15)12-8-9-12/h12H,3-11,17H2,1-2H3,(H,18,19,20). The quantitative estimate of drug-likeness (QED) is 0.643. The topological polar surface area (TPSA) is 73.1 Å². The molecule has 5 nitrogen and oxygen atoms in total. The van der Waals surface area contributed by atoms with Crippen molar-refractivity contribution in [2.24, 2.45) is 0 Å². The van der Waals surface area contributed by atoms with E-state index in [1.54, 1.807) is 0 Å². The number of anilines is 2. The van der Waals surface area contributed by atoms with Gasteiger partial charge in [-0.1, -0.05) is 33.1 Å². The maximum absolute atomic E-state index is 6.16. The summed E-state index contributed by atoms with van der Waals surface area (Å²) in [6.07, 6.45) is 8.02. The highest BCUT2D eigenvalue weighted by Crippen LogP contribution is 2.40. The summed E-state index contributed by atoms with van der Waals surface area (Å²) < 4.78 is 5.75. The molecule has 1 heterocycles. The number of nitrogen functional groups attached to an aromatic ring is 1. The van der Waals surface area contributed by atoms with Gasteiger partial charge in [0.15, 0.2) is 5.82 Å². The molecule has 1 fully saturated rings. The molecule has 1 aromatic rings. The Morgan fingerprint density at radius 3 is 2.57 bits per heavy atom. The highest BCUT2D eigenvalue weighted by molar-refractivity contribution is 5.67. The Kier molecular flexibility index (Phi) is 6.08. The molecule has 1 aliphatic carbocycles. The second kappa shape index (κ2) is 8.05. The minimum absolute atomic E-state index is 0.496. The fourth-order valence-corrected chi connectivity index (χ4v) is 2.13. The lowest BCUT2D eigenvalue weighted by atomic mass is 10.2. The molecule has 0 spiro atoms. The number of ether oxygens (including phenoxy) is 1. The van der Waals surface area contributed by atoms with Crippen LogP contribution < -0.4 is 15.8 Å². The SMILES string of the molecule is CCCCCNc1nc(C2CC2)nc(OCCCC)c1N. The van der Waals surface area contributed by atoms with Gasteiger partial charge in [0.2, 0.25) is 5.88 Å². The first kappa shape index (κ1) is 15.9. The van der Waals surface area contributed by atoms with E-state index in [1.165, 1.54) is 25.7 Å². The number of rotatable bonds is 10. The molecule has 0 amide bonds. The zero-order chi connectivity index (χ0) is 15.1. The molecule has 2 rings (SSSR count). The molecule has 0 aromatic carbocycles. The molecule has 3 N–H and O–H groups in total. The fraction of sp³-hybridized carbons (Fsp3) is 0.750. The minimum atomic E-state index is 0.496. The van der Waals surface area contributed by atoms with Crippen LogP contribution in [0, 0.1) is 0 Å². The number of hydrogen-bond acceptors (Lipinski definition) is 5. The van der Waals surface area contributed by atoms with Crippen molar-refractivity contribution in [1.29, 1.82) is 0 Å². The molecule has 1 aromatic heterocycles. The van der Waals surface area contributed by atoms with Crippen molar-refractivity contribution >= 4 is 11.5 Å². The first-order chi connectivity index (χ1) is 10.3. The maximum Gasteiger partial charge on any atom is 0.242 e. The third kappa shape index (κ3) is 4.76. The maximum atomic E-state index is 6.16. The van der Waals surface area contributed by atoms with Crippen molar-refractivity contribution in [1.82, 2.24) is 9.97 Å². The van der Waals surface area contributed by atoms with E-state index >= 15 is 0 Å². The van der Waals surface area contributed by atoms with Crippen LogP contribution in [0.3, 0.4) is 0 Å². The third-order valence-corrected chi connectivity index (χ3v) is 3.68. The Morgan fingerprint density at radius 1 is 1.14 bits per heavy atom. The van der Waals surface area contributed by atoms with E-state index in [1.807, 2.05) is 0 Å². The monoisotopic (exact) mass is 292 g/mol. The van der Waals surface area contributed by atoms with Gasteiger partial charge in [0, 0.05) is 12.5 Å². The smallest absolute Gasteiger partial charge is 0.242 e. The number of unbranched alkanes of at least 4 members (excludes halogenated alkanes) is 3. The minimum Gasteiger partial charge on any atom is -0.476 e. The Labute approximate surface area is 127 Å². The highest BCUT2D eigenvalue weighted by Gasteiger charge is 2.28. The van der Waals surface area contributed by atoms with Gasteiger partial charge in [-0.25, -0.2) is 4.98 Å². The van der Waals surface area contributed by atoms with Crippen LogP contribution in [0.25, 0.3) is 0 Å². The fourth-order valence-electron chi connectivity index (χ4n) is 2.13. The van der Waals surface area contributed by atoms with E-state index < -0.39 is 0 Å². The molecule has 0 unspecified atom stereocenters. The van der Waals surface area contributed by atoms with Crippen LogP contribution >= 0.6 is 0 Å². The molecule has 0 saturated heterocycles. The van der Waals surface area contributed by atoms with Crippen molar-refractivity contribution in [3.63, 3.8) is 0 Å². The molecule has 0 atom stereocenters. The molecule has 1 saturated carbocycles. The van der Waals surface area contributed by atoms with Gasteiger partial charge >= 0.3 is 0 Å². The first-order valence-electron chi connectivity index (χ1n) is 8.30. The zero-order valence-electron chi connectivity index (χ0n) is 13.3. The molecule has 0 aliphatic heterocycles. The summed E-state index contributed by atoms with van der Waals surface area (Å²) in [5, 5.41) is 3.35. The van der Waals surface area contributed by atoms with Crippen LogP contribution in [-0.4, -0.2) is 23.1 Å². The van der Waals surface area contributed by atoms with Crippen LogP contribution in [0.4, 0.5) is 11.5 Å². The van der Waals surface area contributed by atoms with E-state index in [9.17, 15) is 0 Å². The van der Waals surface area contributed by atoms with Crippen LogP contribution in [0.5, 0.6) is 5.88 Å². The van der Waals surface area contributed by atoms with Gasteiger partial charge < -0.3 is 15.8 Å². The molecule has 0 radical (unpaired) electrons. The molecular weight excluding hydrogens is 264 g/mol. The predicted octanol–water partition coefficient (Wildman–Crippen LogP) is 3.72. The van der Waals surface area contributed by atoms with Crippen LogP contribution in [-0.2, 0) is 0 Å². The lowest BCUT2D eigenvalue weighted by Crippen LogP contribution is -2.12. The summed E-state index contributed by atoms with van der Waals surface area (Å²) in [5.74, 6) is 2.68.